The minimum Gasteiger partial charge on any atom is -0.396 e. The van der Waals surface area contributed by atoms with Crippen LogP contribution in [0.3, 0.4) is 0 Å². The summed E-state index contributed by atoms with van der Waals surface area (Å²) in [5.41, 5.74) is 6.51. The molecule has 1 aromatic carbocycles. The van der Waals surface area contributed by atoms with Crippen LogP contribution in [0.25, 0.3) is 0 Å². The lowest BCUT2D eigenvalue weighted by Gasteiger charge is -2.18. The fourth-order valence-corrected chi connectivity index (χ4v) is 1.41. The average Bonchev–Trinajstić information content (AvgIpc) is 2.91. The molecule has 0 radical (unpaired) electrons. The third-order valence-electron chi connectivity index (χ3n) is 2.49. The van der Waals surface area contributed by atoms with Crippen LogP contribution in [0.4, 0.5) is 15.8 Å². The number of nitrogens with zero attached hydrogens (tertiary/aromatic N) is 1. The maximum atomic E-state index is 13.1. The first-order chi connectivity index (χ1) is 6.18. The summed E-state index contributed by atoms with van der Waals surface area (Å²) >= 11 is 0. The average molecular weight is 180 g/mol. The van der Waals surface area contributed by atoms with Crippen molar-refractivity contribution in [2.24, 2.45) is 0 Å². The number of benzene rings is 1. The number of rotatable bonds is 2. The summed E-state index contributed by atoms with van der Waals surface area (Å²) in [4.78, 5) is 2.10. The molecule has 1 saturated carbocycles. The SMILES string of the molecule is CN(c1ccc(N)c(F)c1)C1CC1. The highest BCUT2D eigenvalue weighted by Crippen LogP contribution is 2.31. The maximum Gasteiger partial charge on any atom is 0.148 e. The zero-order chi connectivity index (χ0) is 9.42. The van der Waals surface area contributed by atoms with Gasteiger partial charge in [-0.15, -0.1) is 0 Å². The molecule has 0 saturated heterocycles. The van der Waals surface area contributed by atoms with E-state index in [0.717, 1.165) is 5.69 Å². The van der Waals surface area contributed by atoms with E-state index in [-0.39, 0.29) is 11.5 Å². The summed E-state index contributed by atoms with van der Waals surface area (Å²) in [5.74, 6) is -0.329. The third kappa shape index (κ3) is 1.59. The predicted octanol–water partition coefficient (Wildman–Crippen LogP) is 2.01. The van der Waals surface area contributed by atoms with Crippen LogP contribution in [0.5, 0.6) is 0 Å². The van der Waals surface area contributed by atoms with Crippen LogP contribution < -0.4 is 10.6 Å². The van der Waals surface area contributed by atoms with E-state index in [9.17, 15) is 4.39 Å². The summed E-state index contributed by atoms with van der Waals surface area (Å²) in [6, 6.07) is 5.57. The standard InChI is InChI=1S/C10H13FN2/c1-13(7-2-3-7)8-4-5-10(12)9(11)6-8/h4-7H,2-3,12H2,1H3. The molecular formula is C10H13FN2. The van der Waals surface area contributed by atoms with Crippen LogP contribution in [-0.2, 0) is 0 Å². The molecule has 2 N–H and O–H groups in total. The molecule has 0 aliphatic heterocycles. The van der Waals surface area contributed by atoms with Crippen molar-refractivity contribution in [2.45, 2.75) is 18.9 Å². The normalized spacial score (nSPS) is 15.8. The van der Waals surface area contributed by atoms with E-state index >= 15 is 0 Å². The van der Waals surface area contributed by atoms with Crippen LogP contribution in [-0.4, -0.2) is 13.1 Å². The Morgan fingerprint density at radius 2 is 2.15 bits per heavy atom. The Kier molecular flexibility index (Phi) is 1.87. The van der Waals surface area contributed by atoms with E-state index in [4.69, 9.17) is 5.73 Å². The molecule has 0 atom stereocenters. The maximum absolute atomic E-state index is 13.1. The lowest BCUT2D eigenvalue weighted by atomic mass is 10.2. The summed E-state index contributed by atoms with van der Waals surface area (Å²) in [7, 11) is 1.99. The zero-order valence-electron chi connectivity index (χ0n) is 7.63. The van der Waals surface area contributed by atoms with Crippen molar-refractivity contribution < 1.29 is 4.39 Å². The molecule has 0 aromatic heterocycles. The number of nitrogens with two attached hydrogens (primary N) is 1. The van der Waals surface area contributed by atoms with E-state index in [0.29, 0.717) is 6.04 Å². The lowest BCUT2D eigenvalue weighted by molar-refractivity contribution is 0.632. The van der Waals surface area contributed by atoms with Crippen molar-refractivity contribution in [2.75, 3.05) is 17.7 Å². The largest absolute Gasteiger partial charge is 0.396 e. The molecule has 0 heterocycles. The summed E-state index contributed by atoms with van der Waals surface area (Å²) in [6.07, 6.45) is 2.42. The zero-order valence-corrected chi connectivity index (χ0v) is 7.63. The molecule has 3 heteroatoms. The first-order valence-corrected chi connectivity index (χ1v) is 4.46. The summed E-state index contributed by atoms with van der Waals surface area (Å²) in [6.45, 7) is 0. The number of halogens is 1. The van der Waals surface area contributed by atoms with Crippen LogP contribution >= 0.6 is 0 Å². The van der Waals surface area contributed by atoms with Gasteiger partial charge in [-0.25, -0.2) is 4.39 Å². The van der Waals surface area contributed by atoms with Crippen molar-refractivity contribution in [3.63, 3.8) is 0 Å². The second-order valence-corrected chi connectivity index (χ2v) is 3.55. The fourth-order valence-electron chi connectivity index (χ4n) is 1.41. The highest BCUT2D eigenvalue weighted by atomic mass is 19.1. The highest BCUT2D eigenvalue weighted by Gasteiger charge is 2.26. The van der Waals surface area contributed by atoms with Gasteiger partial charge in [0.2, 0.25) is 0 Å². The second-order valence-electron chi connectivity index (χ2n) is 3.55. The molecule has 0 spiro atoms. The Morgan fingerprint density at radius 1 is 1.46 bits per heavy atom. The molecule has 0 bridgehead atoms. The van der Waals surface area contributed by atoms with E-state index in [1.165, 1.54) is 18.9 Å². The van der Waals surface area contributed by atoms with Crippen molar-refractivity contribution in [1.82, 2.24) is 0 Å². The Balaban J connectivity index is 2.24. The van der Waals surface area contributed by atoms with Crippen LogP contribution in [0.15, 0.2) is 18.2 Å². The van der Waals surface area contributed by atoms with Crippen molar-refractivity contribution in [3.8, 4) is 0 Å². The van der Waals surface area contributed by atoms with E-state index < -0.39 is 0 Å². The smallest absolute Gasteiger partial charge is 0.148 e. The van der Waals surface area contributed by atoms with Gasteiger partial charge in [0, 0.05) is 18.8 Å². The molecule has 0 amide bonds. The van der Waals surface area contributed by atoms with Gasteiger partial charge in [-0.05, 0) is 31.0 Å². The predicted molar refractivity (Wildman–Crippen MR) is 52.2 cm³/mol. The first-order valence-electron chi connectivity index (χ1n) is 4.46. The van der Waals surface area contributed by atoms with Gasteiger partial charge in [-0.1, -0.05) is 0 Å². The molecule has 1 aliphatic carbocycles. The third-order valence-corrected chi connectivity index (χ3v) is 2.49. The summed E-state index contributed by atoms with van der Waals surface area (Å²) in [5, 5.41) is 0. The Hall–Kier alpha value is -1.25. The number of anilines is 2. The Bertz CT molecular complexity index is 321. The minimum atomic E-state index is -0.329. The van der Waals surface area contributed by atoms with Gasteiger partial charge in [0.1, 0.15) is 5.82 Å². The van der Waals surface area contributed by atoms with Gasteiger partial charge in [0.05, 0.1) is 5.69 Å². The molecule has 1 aromatic rings. The van der Waals surface area contributed by atoms with Gasteiger partial charge in [-0.2, -0.15) is 0 Å². The Labute approximate surface area is 77.2 Å². The fraction of sp³-hybridized carbons (Fsp3) is 0.400. The molecule has 70 valence electrons. The molecule has 0 unspecified atom stereocenters. The molecular weight excluding hydrogens is 167 g/mol. The molecule has 1 fully saturated rings. The molecule has 2 rings (SSSR count). The van der Waals surface area contributed by atoms with Crippen LogP contribution in [0, 0.1) is 5.82 Å². The topological polar surface area (TPSA) is 29.3 Å². The quantitative estimate of drug-likeness (QED) is 0.705. The van der Waals surface area contributed by atoms with Crippen molar-refractivity contribution >= 4 is 11.4 Å². The number of hydrogen-bond acceptors (Lipinski definition) is 2. The Morgan fingerprint density at radius 3 is 2.69 bits per heavy atom. The van der Waals surface area contributed by atoms with Gasteiger partial charge in [-0.3, -0.25) is 0 Å². The molecule has 2 nitrogen and oxygen atoms in total. The second kappa shape index (κ2) is 2.91. The van der Waals surface area contributed by atoms with Crippen molar-refractivity contribution in [3.05, 3.63) is 24.0 Å². The molecule has 1 aliphatic rings. The monoisotopic (exact) mass is 180 g/mol. The highest BCUT2D eigenvalue weighted by molar-refractivity contribution is 5.54. The summed E-state index contributed by atoms with van der Waals surface area (Å²) < 4.78 is 13.1. The van der Waals surface area contributed by atoms with E-state index in [2.05, 4.69) is 4.90 Å². The van der Waals surface area contributed by atoms with Gasteiger partial charge >= 0.3 is 0 Å². The van der Waals surface area contributed by atoms with Gasteiger partial charge < -0.3 is 10.6 Å². The molecule has 13 heavy (non-hydrogen) atoms. The van der Waals surface area contributed by atoms with Gasteiger partial charge in [0.25, 0.3) is 0 Å². The number of hydrogen-bond donors (Lipinski definition) is 1. The van der Waals surface area contributed by atoms with Crippen LogP contribution in [0.2, 0.25) is 0 Å². The lowest BCUT2D eigenvalue weighted by Crippen LogP contribution is -2.19. The van der Waals surface area contributed by atoms with E-state index in [1.54, 1.807) is 6.07 Å². The minimum absolute atomic E-state index is 0.216. The van der Waals surface area contributed by atoms with Crippen molar-refractivity contribution in [1.29, 1.82) is 0 Å². The van der Waals surface area contributed by atoms with Crippen LogP contribution in [0.1, 0.15) is 12.8 Å². The first kappa shape index (κ1) is 8.35. The van der Waals surface area contributed by atoms with E-state index in [1.807, 2.05) is 13.1 Å². The van der Waals surface area contributed by atoms with Gasteiger partial charge in [0.15, 0.2) is 0 Å². The number of nitrogen functional groups attached to an aromatic ring is 1.